The number of hydrogen-bond acceptors (Lipinski definition) is 2. The van der Waals surface area contributed by atoms with Gasteiger partial charge in [0.2, 0.25) is 0 Å². The topological polar surface area (TPSA) is 33.4 Å². The summed E-state index contributed by atoms with van der Waals surface area (Å²) in [6, 6.07) is 11.3. The Morgan fingerprint density at radius 1 is 1.31 bits per heavy atom. The Hall–Kier alpha value is -1.06. The number of aryl methyl sites for hydroxylation is 1. The van der Waals surface area contributed by atoms with Gasteiger partial charge in [0.05, 0.1) is 0 Å². The number of aliphatic hydroxyl groups is 1. The predicted molar refractivity (Wildman–Crippen MR) is 66.3 cm³/mol. The van der Waals surface area contributed by atoms with Gasteiger partial charge in [-0.15, -0.1) is 0 Å². The lowest BCUT2D eigenvalue weighted by atomic mass is 10.1. The number of halogens is 1. The fourth-order valence-corrected chi connectivity index (χ4v) is 1.99. The quantitative estimate of drug-likeness (QED) is 0.930. The molecule has 1 aromatic carbocycles. The zero-order chi connectivity index (χ0) is 11.5. The van der Waals surface area contributed by atoms with E-state index in [4.69, 9.17) is 4.42 Å². The van der Waals surface area contributed by atoms with E-state index in [0.29, 0.717) is 5.76 Å². The van der Waals surface area contributed by atoms with Crippen LogP contribution in [0.5, 0.6) is 0 Å². The molecule has 3 heteroatoms. The lowest BCUT2D eigenvalue weighted by molar-refractivity contribution is 0.187. The zero-order valence-corrected chi connectivity index (χ0v) is 10.6. The molecule has 1 heterocycles. The Morgan fingerprint density at radius 2 is 2.12 bits per heavy atom. The van der Waals surface area contributed by atoms with E-state index >= 15 is 0 Å². The van der Waals surface area contributed by atoms with Gasteiger partial charge in [-0.1, -0.05) is 35.0 Å². The number of rotatable bonds is 3. The third-order valence-electron chi connectivity index (χ3n) is 2.46. The number of benzene rings is 1. The zero-order valence-electron chi connectivity index (χ0n) is 8.98. The van der Waals surface area contributed by atoms with Crippen molar-refractivity contribution in [3.8, 4) is 0 Å². The molecule has 0 saturated carbocycles. The van der Waals surface area contributed by atoms with E-state index < -0.39 is 6.10 Å². The first-order valence-corrected chi connectivity index (χ1v) is 6.02. The average Bonchev–Trinajstić information content (AvgIpc) is 2.76. The standard InChI is InChI=1S/C13H13BrO2/c1-2-11-6-7-12(16-11)13(15)9-4-3-5-10(14)8-9/h3-8,13,15H,2H2,1H3/t13-/m0/s1. The maximum absolute atomic E-state index is 10.1. The summed E-state index contributed by atoms with van der Waals surface area (Å²) >= 11 is 3.38. The van der Waals surface area contributed by atoms with Gasteiger partial charge in [0.1, 0.15) is 17.6 Å². The molecule has 1 N–H and O–H groups in total. The van der Waals surface area contributed by atoms with Crippen molar-refractivity contribution in [2.75, 3.05) is 0 Å². The van der Waals surface area contributed by atoms with Crippen molar-refractivity contribution in [2.24, 2.45) is 0 Å². The molecule has 1 atom stereocenters. The van der Waals surface area contributed by atoms with Crippen molar-refractivity contribution < 1.29 is 9.52 Å². The summed E-state index contributed by atoms with van der Waals surface area (Å²) in [6.45, 7) is 2.02. The summed E-state index contributed by atoms with van der Waals surface area (Å²) < 4.78 is 6.47. The first-order valence-electron chi connectivity index (χ1n) is 5.23. The maximum Gasteiger partial charge on any atom is 0.137 e. The van der Waals surface area contributed by atoms with E-state index in [2.05, 4.69) is 15.9 Å². The SMILES string of the molecule is CCc1ccc([C@@H](O)c2cccc(Br)c2)o1. The Labute approximate surface area is 103 Å². The molecule has 2 rings (SSSR count). The molecule has 0 radical (unpaired) electrons. The van der Waals surface area contributed by atoms with Crippen molar-refractivity contribution in [1.82, 2.24) is 0 Å². The van der Waals surface area contributed by atoms with E-state index in [1.807, 2.05) is 43.3 Å². The largest absolute Gasteiger partial charge is 0.463 e. The van der Waals surface area contributed by atoms with Gasteiger partial charge < -0.3 is 9.52 Å². The Balaban J connectivity index is 2.27. The minimum atomic E-state index is -0.696. The minimum absolute atomic E-state index is 0.593. The van der Waals surface area contributed by atoms with Gasteiger partial charge in [-0.25, -0.2) is 0 Å². The van der Waals surface area contributed by atoms with Crippen LogP contribution < -0.4 is 0 Å². The third kappa shape index (κ3) is 2.36. The van der Waals surface area contributed by atoms with Crippen molar-refractivity contribution in [1.29, 1.82) is 0 Å². The highest BCUT2D eigenvalue weighted by atomic mass is 79.9. The maximum atomic E-state index is 10.1. The second kappa shape index (κ2) is 4.85. The molecule has 0 bridgehead atoms. The smallest absolute Gasteiger partial charge is 0.137 e. The summed E-state index contributed by atoms with van der Waals surface area (Å²) in [5.74, 6) is 1.49. The normalized spacial score (nSPS) is 12.7. The first-order chi connectivity index (χ1) is 7.70. The van der Waals surface area contributed by atoms with Crippen molar-refractivity contribution >= 4 is 15.9 Å². The van der Waals surface area contributed by atoms with E-state index in [1.54, 1.807) is 0 Å². The van der Waals surface area contributed by atoms with Crippen LogP contribution in [0.25, 0.3) is 0 Å². The highest BCUT2D eigenvalue weighted by Crippen LogP contribution is 2.25. The van der Waals surface area contributed by atoms with Gasteiger partial charge >= 0.3 is 0 Å². The van der Waals surface area contributed by atoms with Crippen molar-refractivity contribution in [2.45, 2.75) is 19.4 Å². The van der Waals surface area contributed by atoms with Crippen LogP contribution in [0, 0.1) is 0 Å². The van der Waals surface area contributed by atoms with Gasteiger partial charge in [0, 0.05) is 10.9 Å². The fraction of sp³-hybridized carbons (Fsp3) is 0.231. The van der Waals surface area contributed by atoms with Gasteiger partial charge in [-0.3, -0.25) is 0 Å². The van der Waals surface area contributed by atoms with Gasteiger partial charge in [0.15, 0.2) is 0 Å². The van der Waals surface area contributed by atoms with E-state index in [1.165, 1.54) is 0 Å². The van der Waals surface area contributed by atoms with E-state index in [9.17, 15) is 5.11 Å². The molecule has 0 aliphatic rings. The van der Waals surface area contributed by atoms with Crippen LogP contribution in [0.4, 0.5) is 0 Å². The summed E-state index contributed by atoms with van der Waals surface area (Å²) in [6.07, 6.45) is 0.142. The highest BCUT2D eigenvalue weighted by molar-refractivity contribution is 9.10. The van der Waals surface area contributed by atoms with Crippen molar-refractivity contribution in [3.05, 3.63) is 58.0 Å². The Bertz CT molecular complexity index is 476. The number of furan rings is 1. The van der Waals surface area contributed by atoms with Crippen molar-refractivity contribution in [3.63, 3.8) is 0 Å². The molecule has 0 fully saturated rings. The van der Waals surface area contributed by atoms with Crippen LogP contribution in [0.15, 0.2) is 45.3 Å². The van der Waals surface area contributed by atoms with Crippen LogP contribution in [0.2, 0.25) is 0 Å². The van der Waals surface area contributed by atoms with Crippen LogP contribution in [0.3, 0.4) is 0 Å². The summed E-state index contributed by atoms with van der Waals surface area (Å²) in [5, 5.41) is 10.1. The molecule has 1 aromatic heterocycles. The van der Waals surface area contributed by atoms with Gasteiger partial charge in [0.25, 0.3) is 0 Å². The van der Waals surface area contributed by atoms with E-state index in [-0.39, 0.29) is 0 Å². The minimum Gasteiger partial charge on any atom is -0.463 e. The molecule has 0 aliphatic heterocycles. The van der Waals surface area contributed by atoms with Crippen LogP contribution in [0.1, 0.15) is 30.1 Å². The van der Waals surface area contributed by atoms with Crippen LogP contribution in [-0.2, 0) is 6.42 Å². The summed E-state index contributed by atoms with van der Waals surface area (Å²) in [5.41, 5.74) is 0.825. The molecule has 84 valence electrons. The number of hydrogen-bond donors (Lipinski definition) is 1. The van der Waals surface area contributed by atoms with E-state index in [0.717, 1.165) is 22.2 Å². The highest BCUT2D eigenvalue weighted by Gasteiger charge is 2.14. The third-order valence-corrected chi connectivity index (χ3v) is 2.96. The summed E-state index contributed by atoms with van der Waals surface area (Å²) in [7, 11) is 0. The molecule has 0 unspecified atom stereocenters. The summed E-state index contributed by atoms with van der Waals surface area (Å²) in [4.78, 5) is 0. The van der Waals surface area contributed by atoms with Crippen LogP contribution in [-0.4, -0.2) is 5.11 Å². The molecule has 0 saturated heterocycles. The lowest BCUT2D eigenvalue weighted by Crippen LogP contribution is -1.97. The Morgan fingerprint density at radius 3 is 2.75 bits per heavy atom. The van der Waals surface area contributed by atoms with Gasteiger partial charge in [-0.2, -0.15) is 0 Å². The first kappa shape index (κ1) is 11.4. The number of aliphatic hydroxyl groups excluding tert-OH is 1. The van der Waals surface area contributed by atoms with Crippen LogP contribution >= 0.6 is 15.9 Å². The predicted octanol–water partition coefficient (Wildman–Crippen LogP) is 3.69. The molecule has 16 heavy (non-hydrogen) atoms. The van der Waals surface area contributed by atoms with Gasteiger partial charge in [-0.05, 0) is 29.8 Å². The molecule has 2 nitrogen and oxygen atoms in total. The lowest BCUT2D eigenvalue weighted by Gasteiger charge is -2.08. The molecular weight excluding hydrogens is 268 g/mol. The molecule has 0 amide bonds. The molecule has 2 aromatic rings. The molecule has 0 spiro atoms. The Kier molecular flexibility index (Phi) is 3.46. The fourth-order valence-electron chi connectivity index (χ4n) is 1.57. The second-order valence-electron chi connectivity index (χ2n) is 3.62. The second-order valence-corrected chi connectivity index (χ2v) is 4.53. The molecular formula is C13H13BrO2. The monoisotopic (exact) mass is 280 g/mol. The average molecular weight is 281 g/mol. The molecule has 0 aliphatic carbocycles.